The second-order valence-corrected chi connectivity index (χ2v) is 11.6. The van der Waals surface area contributed by atoms with Gasteiger partial charge in [0.2, 0.25) is 5.95 Å². The van der Waals surface area contributed by atoms with Gasteiger partial charge in [0.05, 0.1) is 50.6 Å². The van der Waals surface area contributed by atoms with Gasteiger partial charge in [-0.3, -0.25) is 4.79 Å². The van der Waals surface area contributed by atoms with E-state index in [2.05, 4.69) is 25.5 Å². The molecule has 5 aromatic heterocycles. The minimum Gasteiger partial charge on any atom is -0.490 e. The fraction of sp³-hybridized carbons (Fsp3) is 0.303. The molecule has 1 N–H and O–H groups in total. The molecule has 0 bridgehead atoms. The highest BCUT2D eigenvalue weighted by molar-refractivity contribution is 6.36. The summed E-state index contributed by atoms with van der Waals surface area (Å²) in [5.74, 6) is 2.22. The summed E-state index contributed by atoms with van der Waals surface area (Å²) in [6.07, 6.45) is 6.97. The molecule has 5 heterocycles. The first-order chi connectivity index (χ1) is 23.0. The van der Waals surface area contributed by atoms with Crippen molar-refractivity contribution >= 4 is 39.9 Å². The summed E-state index contributed by atoms with van der Waals surface area (Å²) in [4.78, 5) is 22.6. The molecular weight excluding hydrogens is 624 g/mol. The lowest BCUT2D eigenvalue weighted by Crippen LogP contribution is -2.28. The quantitative estimate of drug-likeness (QED) is 0.150. The van der Waals surface area contributed by atoms with E-state index < -0.39 is 0 Å². The molecule has 1 aliphatic carbocycles. The number of anilines is 2. The van der Waals surface area contributed by atoms with E-state index in [9.17, 15) is 4.79 Å². The Morgan fingerprint density at radius 2 is 1.89 bits per heavy atom. The first-order valence-corrected chi connectivity index (χ1v) is 15.6. The van der Waals surface area contributed by atoms with Gasteiger partial charge in [0, 0.05) is 20.1 Å². The van der Waals surface area contributed by atoms with Crippen molar-refractivity contribution in [3.05, 3.63) is 93.8 Å². The third-order valence-electron chi connectivity index (χ3n) is 7.83. The summed E-state index contributed by atoms with van der Waals surface area (Å²) < 4.78 is 27.6. The molecule has 1 aliphatic rings. The van der Waals surface area contributed by atoms with Gasteiger partial charge in [-0.15, -0.1) is 0 Å². The number of nitrogens with one attached hydrogen (secondary N) is 1. The Morgan fingerprint density at radius 3 is 2.70 bits per heavy atom. The van der Waals surface area contributed by atoms with Gasteiger partial charge < -0.3 is 28.8 Å². The fourth-order valence-corrected chi connectivity index (χ4v) is 5.48. The van der Waals surface area contributed by atoms with Crippen molar-refractivity contribution in [3.63, 3.8) is 0 Å². The Hall–Kier alpha value is -4.98. The van der Waals surface area contributed by atoms with Crippen LogP contribution in [0.1, 0.15) is 30.0 Å². The monoisotopic (exact) mass is 656 g/mol. The smallest absolute Gasteiger partial charge is 0.290 e. The molecule has 47 heavy (non-hydrogen) atoms. The van der Waals surface area contributed by atoms with Crippen molar-refractivity contribution in [3.8, 4) is 17.2 Å². The highest BCUT2D eigenvalue weighted by atomic mass is 35.5. The highest BCUT2D eigenvalue weighted by Gasteiger charge is 2.27. The maximum absolute atomic E-state index is 13.5. The Balaban J connectivity index is 1.10. The Kier molecular flexibility index (Phi) is 8.74. The van der Waals surface area contributed by atoms with E-state index in [-0.39, 0.29) is 5.56 Å². The van der Waals surface area contributed by atoms with Crippen LogP contribution < -0.4 is 20.3 Å². The number of imidazole rings is 1. The van der Waals surface area contributed by atoms with Gasteiger partial charge in [0.15, 0.2) is 17.1 Å². The van der Waals surface area contributed by atoms with Crippen LogP contribution in [0.2, 0.25) is 5.02 Å². The topological polar surface area (TPSA) is 132 Å². The van der Waals surface area contributed by atoms with Crippen LogP contribution in [0.4, 0.5) is 11.6 Å². The minimum absolute atomic E-state index is 0.270. The SMILES string of the molecule is COCCOc1ccc2c(Oc3cnc4nc(Nc5cc(C6CC6)nn(CCOCc6ccccc6)c5=O)n(C)c4c3Cl)cnn2c1. The zero-order valence-corrected chi connectivity index (χ0v) is 26.7. The average Bonchev–Trinajstić information content (AvgIpc) is 3.79. The number of hydrogen-bond acceptors (Lipinski definition) is 10. The summed E-state index contributed by atoms with van der Waals surface area (Å²) in [5, 5.41) is 12.6. The number of halogens is 1. The Labute approximate surface area is 274 Å². The number of methoxy groups -OCH3 is 1. The van der Waals surface area contributed by atoms with E-state index in [0.29, 0.717) is 84.0 Å². The lowest BCUT2D eigenvalue weighted by Gasteiger charge is -2.12. The number of nitrogens with zero attached hydrogens (tertiary/aromatic N) is 7. The van der Waals surface area contributed by atoms with E-state index in [4.69, 9.17) is 30.5 Å². The second-order valence-electron chi connectivity index (χ2n) is 11.2. The molecule has 0 aliphatic heterocycles. The van der Waals surface area contributed by atoms with Crippen molar-refractivity contribution in [1.29, 1.82) is 0 Å². The predicted octanol–water partition coefficient (Wildman–Crippen LogP) is 5.48. The number of pyridine rings is 2. The molecule has 0 atom stereocenters. The summed E-state index contributed by atoms with van der Waals surface area (Å²) in [6, 6.07) is 15.4. The van der Waals surface area contributed by atoms with Crippen LogP contribution in [0.15, 0.2) is 71.9 Å². The van der Waals surface area contributed by atoms with E-state index in [1.165, 1.54) is 10.9 Å². The number of aryl methyl sites for hydroxylation is 1. The summed E-state index contributed by atoms with van der Waals surface area (Å²) in [5.41, 5.74) is 3.70. The number of ether oxygens (including phenoxy) is 4. The Morgan fingerprint density at radius 1 is 1.04 bits per heavy atom. The molecule has 1 fully saturated rings. The molecule has 242 valence electrons. The number of hydrogen-bond donors (Lipinski definition) is 1. The van der Waals surface area contributed by atoms with Crippen molar-refractivity contribution in [2.24, 2.45) is 7.05 Å². The van der Waals surface area contributed by atoms with Crippen LogP contribution in [0.25, 0.3) is 16.7 Å². The lowest BCUT2D eigenvalue weighted by atomic mass is 10.2. The van der Waals surface area contributed by atoms with Crippen LogP contribution >= 0.6 is 11.6 Å². The number of rotatable bonds is 14. The predicted molar refractivity (Wildman–Crippen MR) is 176 cm³/mol. The molecule has 1 aromatic carbocycles. The maximum atomic E-state index is 13.5. The largest absolute Gasteiger partial charge is 0.490 e. The van der Waals surface area contributed by atoms with Gasteiger partial charge in [-0.2, -0.15) is 15.2 Å². The molecule has 0 unspecified atom stereocenters. The number of benzene rings is 1. The van der Waals surface area contributed by atoms with E-state index >= 15 is 0 Å². The van der Waals surface area contributed by atoms with Gasteiger partial charge in [0.25, 0.3) is 5.56 Å². The molecule has 0 spiro atoms. The van der Waals surface area contributed by atoms with Gasteiger partial charge in [-0.05, 0) is 36.6 Å². The summed E-state index contributed by atoms with van der Waals surface area (Å²) in [6.45, 7) is 2.05. The van der Waals surface area contributed by atoms with Crippen molar-refractivity contribution in [2.45, 2.75) is 31.9 Å². The molecular formula is C33H33ClN8O5. The third-order valence-corrected chi connectivity index (χ3v) is 8.19. The summed E-state index contributed by atoms with van der Waals surface area (Å²) >= 11 is 6.87. The van der Waals surface area contributed by atoms with Crippen LogP contribution in [0.5, 0.6) is 17.2 Å². The van der Waals surface area contributed by atoms with Crippen molar-refractivity contribution < 1.29 is 18.9 Å². The standard InChI is InChI=1S/C33H33ClN8O5/c1-40-30-29(34)28(47-27-18-36-42-19-23(10-11-26(27)42)46-15-14-44-2)17-35-31(30)38-33(40)37-25-16-24(22-8-9-22)39-41(32(25)43)12-13-45-20-21-6-4-3-5-7-21/h3-7,10-11,16-19,22H,8-9,12-15,20H2,1-2H3,(H,35,37,38). The zero-order chi connectivity index (χ0) is 32.3. The first kappa shape index (κ1) is 30.7. The van der Waals surface area contributed by atoms with Gasteiger partial charge in [-0.1, -0.05) is 41.9 Å². The highest BCUT2D eigenvalue weighted by Crippen LogP contribution is 2.40. The third kappa shape index (κ3) is 6.64. The average molecular weight is 657 g/mol. The van der Waals surface area contributed by atoms with E-state index in [1.807, 2.05) is 48.5 Å². The fourth-order valence-electron chi connectivity index (χ4n) is 5.18. The maximum Gasteiger partial charge on any atom is 0.290 e. The molecule has 13 nitrogen and oxygen atoms in total. The van der Waals surface area contributed by atoms with Crippen LogP contribution in [-0.4, -0.2) is 60.9 Å². The molecule has 1 saturated carbocycles. The molecule has 0 saturated heterocycles. The molecule has 7 rings (SSSR count). The van der Waals surface area contributed by atoms with E-state index in [1.54, 1.807) is 35.6 Å². The normalized spacial score (nSPS) is 13.0. The van der Waals surface area contributed by atoms with E-state index in [0.717, 1.165) is 29.6 Å². The molecule has 0 radical (unpaired) electrons. The van der Waals surface area contributed by atoms with Gasteiger partial charge in [0.1, 0.15) is 34.1 Å². The lowest BCUT2D eigenvalue weighted by molar-refractivity contribution is 0.109. The van der Waals surface area contributed by atoms with Crippen molar-refractivity contribution in [2.75, 3.05) is 32.2 Å². The number of fused-ring (bicyclic) bond motifs is 2. The molecule has 6 aromatic rings. The Bertz CT molecular complexity index is 2090. The van der Waals surface area contributed by atoms with Crippen molar-refractivity contribution in [1.82, 2.24) is 33.9 Å². The van der Waals surface area contributed by atoms with Crippen LogP contribution in [-0.2, 0) is 29.7 Å². The van der Waals surface area contributed by atoms with Crippen LogP contribution in [0.3, 0.4) is 0 Å². The minimum atomic E-state index is -0.270. The van der Waals surface area contributed by atoms with Gasteiger partial charge in [-0.25, -0.2) is 14.2 Å². The number of aromatic nitrogens is 7. The second kappa shape index (κ2) is 13.4. The van der Waals surface area contributed by atoms with Gasteiger partial charge >= 0.3 is 0 Å². The molecule has 14 heteroatoms. The zero-order valence-electron chi connectivity index (χ0n) is 25.9. The summed E-state index contributed by atoms with van der Waals surface area (Å²) in [7, 11) is 3.42. The molecule has 0 amide bonds. The van der Waals surface area contributed by atoms with Crippen LogP contribution in [0, 0.1) is 0 Å². The first-order valence-electron chi connectivity index (χ1n) is 15.3.